The number of rotatable bonds is 2. The number of ether oxygens (including phenoxy) is 1. The Bertz CT molecular complexity index is 401. The Morgan fingerprint density at radius 3 is 3.00 bits per heavy atom. The van der Waals surface area contributed by atoms with Crippen molar-refractivity contribution in [3.8, 4) is 5.88 Å². The van der Waals surface area contributed by atoms with Gasteiger partial charge in [0.05, 0.1) is 0 Å². The van der Waals surface area contributed by atoms with E-state index in [9.17, 15) is 4.79 Å². The van der Waals surface area contributed by atoms with Gasteiger partial charge in [-0.25, -0.2) is 0 Å². The van der Waals surface area contributed by atoms with Crippen molar-refractivity contribution in [3.05, 3.63) is 0 Å². The second-order valence-corrected chi connectivity index (χ2v) is 3.85. The minimum absolute atomic E-state index is 0.176. The second kappa shape index (κ2) is 3.15. The molecule has 1 aliphatic heterocycles. The first-order valence-electron chi connectivity index (χ1n) is 4.91. The molecule has 6 heteroatoms. The number of nitrogens with two attached hydrogens (primary N) is 1. The number of carbonyl (C=O) groups excluding carboxylic acids is 1. The lowest BCUT2D eigenvalue weighted by atomic mass is 9.98. The summed E-state index contributed by atoms with van der Waals surface area (Å²) in [6, 6.07) is 0. The molecule has 82 valence electrons. The van der Waals surface area contributed by atoms with E-state index >= 15 is 0 Å². The highest BCUT2D eigenvalue weighted by Gasteiger charge is 2.41. The molecule has 0 saturated carbocycles. The number of amides is 1. The minimum atomic E-state index is -0.844. The quantitative estimate of drug-likeness (QED) is 0.675. The van der Waals surface area contributed by atoms with Crippen LogP contribution < -0.4 is 15.8 Å². The van der Waals surface area contributed by atoms with Crippen LogP contribution in [-0.2, 0) is 4.79 Å². The van der Waals surface area contributed by atoms with Crippen molar-refractivity contribution in [1.82, 2.24) is 10.2 Å². The van der Waals surface area contributed by atoms with Crippen LogP contribution in [0.15, 0.2) is 0 Å². The van der Waals surface area contributed by atoms with Crippen LogP contribution in [0.25, 0.3) is 0 Å². The highest BCUT2D eigenvalue weighted by molar-refractivity contribution is 6.02. The van der Waals surface area contributed by atoms with E-state index in [4.69, 9.17) is 10.5 Å². The Labute approximate surface area is 87.2 Å². The zero-order chi connectivity index (χ0) is 11.1. The maximum Gasteiger partial charge on any atom is 0.268 e. The Morgan fingerprint density at radius 1 is 1.60 bits per heavy atom. The van der Waals surface area contributed by atoms with Crippen LogP contribution in [0.2, 0.25) is 0 Å². The third-order valence-corrected chi connectivity index (χ3v) is 2.53. The van der Waals surface area contributed by atoms with Gasteiger partial charge in [0, 0.05) is 0 Å². The van der Waals surface area contributed by atoms with Crippen molar-refractivity contribution >= 4 is 17.4 Å². The van der Waals surface area contributed by atoms with Gasteiger partial charge in [0.15, 0.2) is 5.60 Å². The highest BCUT2D eigenvalue weighted by atomic mass is 16.5. The Hall–Kier alpha value is -1.72. The summed E-state index contributed by atoms with van der Waals surface area (Å²) in [6.07, 6.45) is 1.50. The van der Waals surface area contributed by atoms with Gasteiger partial charge in [0.25, 0.3) is 11.8 Å². The first-order valence-corrected chi connectivity index (χ1v) is 4.91. The largest absolute Gasteiger partial charge is 0.459 e. The molecule has 0 spiro atoms. The van der Waals surface area contributed by atoms with Crippen LogP contribution in [0.1, 0.15) is 26.7 Å². The van der Waals surface area contributed by atoms with Crippen LogP contribution in [0.3, 0.4) is 0 Å². The van der Waals surface area contributed by atoms with Gasteiger partial charge in [-0.15, -0.1) is 5.10 Å². The normalized spacial score (nSPS) is 24.3. The summed E-state index contributed by atoms with van der Waals surface area (Å²) in [5, 5.41) is 9.15. The van der Waals surface area contributed by atoms with E-state index in [2.05, 4.69) is 15.5 Å². The molecular weight excluding hydrogens is 196 g/mol. The molecule has 2 heterocycles. The lowest BCUT2D eigenvalue weighted by molar-refractivity contribution is -0.131. The summed E-state index contributed by atoms with van der Waals surface area (Å²) in [4.78, 5) is 11.8. The molecule has 4 N–H and O–H groups in total. The predicted molar refractivity (Wildman–Crippen MR) is 55.6 cm³/mol. The van der Waals surface area contributed by atoms with Crippen LogP contribution in [0, 0.1) is 0 Å². The molecule has 0 fully saturated rings. The number of aromatic nitrogens is 2. The Morgan fingerprint density at radius 2 is 2.33 bits per heavy atom. The van der Waals surface area contributed by atoms with Gasteiger partial charge in [-0.2, -0.15) is 0 Å². The molecule has 0 radical (unpaired) electrons. The molecule has 1 aromatic heterocycles. The van der Waals surface area contributed by atoms with Crippen molar-refractivity contribution in [3.63, 3.8) is 0 Å². The van der Waals surface area contributed by atoms with Crippen molar-refractivity contribution < 1.29 is 9.53 Å². The number of hydrogen-bond donors (Lipinski definition) is 3. The SMILES string of the molecule is CCCC1(C)Oc2n[nH]c(N)c2NC1=O. The molecule has 1 amide bonds. The first kappa shape index (κ1) is 9.82. The van der Waals surface area contributed by atoms with E-state index in [0.29, 0.717) is 23.8 Å². The monoisotopic (exact) mass is 210 g/mol. The molecule has 1 unspecified atom stereocenters. The number of nitrogens with one attached hydrogen (secondary N) is 2. The molecule has 0 aromatic carbocycles. The number of H-pyrrole nitrogens is 1. The molecule has 6 nitrogen and oxygen atoms in total. The molecule has 0 saturated heterocycles. The van der Waals surface area contributed by atoms with E-state index in [1.165, 1.54) is 0 Å². The average molecular weight is 210 g/mol. The first-order chi connectivity index (χ1) is 7.07. The third-order valence-electron chi connectivity index (χ3n) is 2.53. The maximum atomic E-state index is 11.8. The topological polar surface area (TPSA) is 93.0 Å². The minimum Gasteiger partial charge on any atom is -0.459 e. The summed E-state index contributed by atoms with van der Waals surface area (Å²) in [7, 11) is 0. The Kier molecular flexibility index (Phi) is 2.06. The number of nitrogen functional groups attached to an aromatic ring is 1. The summed E-state index contributed by atoms with van der Waals surface area (Å²) < 4.78 is 5.56. The fraction of sp³-hybridized carbons (Fsp3) is 0.556. The zero-order valence-electron chi connectivity index (χ0n) is 8.76. The van der Waals surface area contributed by atoms with Gasteiger partial charge in [-0.1, -0.05) is 13.3 Å². The van der Waals surface area contributed by atoms with Gasteiger partial charge >= 0.3 is 0 Å². The fourth-order valence-corrected chi connectivity index (χ4v) is 1.68. The summed E-state index contributed by atoms with van der Waals surface area (Å²) in [5.74, 6) is 0.505. The summed E-state index contributed by atoms with van der Waals surface area (Å²) >= 11 is 0. The number of nitrogens with zero attached hydrogens (tertiary/aromatic N) is 1. The van der Waals surface area contributed by atoms with Gasteiger partial charge in [0.1, 0.15) is 11.5 Å². The van der Waals surface area contributed by atoms with Gasteiger partial charge in [-0.3, -0.25) is 9.89 Å². The number of fused-ring (bicyclic) bond motifs is 1. The number of carbonyl (C=O) groups is 1. The predicted octanol–water partition coefficient (Wildman–Crippen LogP) is 0.882. The van der Waals surface area contributed by atoms with Crippen LogP contribution >= 0.6 is 0 Å². The van der Waals surface area contributed by atoms with E-state index in [-0.39, 0.29) is 5.91 Å². The van der Waals surface area contributed by atoms with Gasteiger partial charge < -0.3 is 15.8 Å². The smallest absolute Gasteiger partial charge is 0.268 e. The number of hydrogen-bond acceptors (Lipinski definition) is 4. The molecule has 0 bridgehead atoms. The molecule has 1 aromatic rings. The number of aromatic amines is 1. The van der Waals surface area contributed by atoms with E-state index in [0.717, 1.165) is 6.42 Å². The standard InChI is InChI=1S/C9H14N4O2/c1-3-4-9(2)8(14)11-5-6(10)12-13-7(5)15-9/h3-4H2,1-2H3,(H,11,14)(H3,10,12,13). The molecule has 0 aliphatic carbocycles. The molecule has 2 rings (SSSR count). The second-order valence-electron chi connectivity index (χ2n) is 3.85. The maximum absolute atomic E-state index is 11.8. The van der Waals surface area contributed by atoms with Crippen LogP contribution in [-0.4, -0.2) is 21.7 Å². The average Bonchev–Trinajstić information content (AvgIpc) is 2.50. The third kappa shape index (κ3) is 1.42. The Balaban J connectivity index is 2.34. The molecule has 1 atom stereocenters. The van der Waals surface area contributed by atoms with Crippen molar-refractivity contribution in [1.29, 1.82) is 0 Å². The lowest BCUT2D eigenvalue weighted by Crippen LogP contribution is -2.48. The lowest BCUT2D eigenvalue weighted by Gasteiger charge is -2.31. The highest BCUT2D eigenvalue weighted by Crippen LogP contribution is 2.36. The van der Waals surface area contributed by atoms with Gasteiger partial charge in [-0.05, 0) is 13.3 Å². The molecule has 15 heavy (non-hydrogen) atoms. The molecule has 1 aliphatic rings. The van der Waals surface area contributed by atoms with Crippen LogP contribution in [0.5, 0.6) is 5.88 Å². The fourth-order valence-electron chi connectivity index (χ4n) is 1.68. The van der Waals surface area contributed by atoms with Crippen molar-refractivity contribution in [2.45, 2.75) is 32.3 Å². The van der Waals surface area contributed by atoms with Gasteiger partial charge in [0.2, 0.25) is 0 Å². The molecular formula is C9H14N4O2. The van der Waals surface area contributed by atoms with E-state index in [1.54, 1.807) is 6.92 Å². The van der Waals surface area contributed by atoms with Crippen molar-refractivity contribution in [2.24, 2.45) is 0 Å². The van der Waals surface area contributed by atoms with Crippen LogP contribution in [0.4, 0.5) is 11.5 Å². The number of anilines is 2. The summed E-state index contributed by atoms with van der Waals surface area (Å²) in [5.41, 5.74) is 5.17. The zero-order valence-corrected chi connectivity index (χ0v) is 8.76. The van der Waals surface area contributed by atoms with E-state index < -0.39 is 5.60 Å². The van der Waals surface area contributed by atoms with E-state index in [1.807, 2.05) is 6.92 Å². The summed E-state index contributed by atoms with van der Waals surface area (Å²) in [6.45, 7) is 3.75. The van der Waals surface area contributed by atoms with Crippen molar-refractivity contribution in [2.75, 3.05) is 11.1 Å².